The highest BCUT2D eigenvalue weighted by molar-refractivity contribution is 8.27. The first-order valence-electron chi connectivity index (χ1n) is 8.68. The van der Waals surface area contributed by atoms with Crippen molar-refractivity contribution in [1.82, 2.24) is 0 Å². The third-order valence-corrected chi connectivity index (χ3v) is 5.55. The first kappa shape index (κ1) is 19.3. The third-order valence-electron chi connectivity index (χ3n) is 4.25. The first-order valence-corrected chi connectivity index (χ1v) is 9.90. The van der Waals surface area contributed by atoms with Crippen LogP contribution in [0.2, 0.25) is 0 Å². The zero-order valence-corrected chi connectivity index (χ0v) is 16.4. The summed E-state index contributed by atoms with van der Waals surface area (Å²) in [5, 5.41) is 10.8. The van der Waals surface area contributed by atoms with Gasteiger partial charge in [0, 0.05) is 0 Å². The topological polar surface area (TPSA) is 60.4 Å². The molecule has 0 radical (unpaired) electrons. The van der Waals surface area contributed by atoms with Crippen LogP contribution in [0.15, 0.2) is 53.4 Å². The number of carboxylic acid groups (broad SMARTS) is 1. The third kappa shape index (κ3) is 4.46. The number of nitrogens with zero attached hydrogens (tertiary/aromatic N) is 1. The van der Waals surface area contributed by atoms with Crippen LogP contribution in [-0.4, -0.2) is 16.2 Å². The van der Waals surface area contributed by atoms with E-state index in [2.05, 4.69) is 6.92 Å². The molecule has 27 heavy (non-hydrogen) atoms. The van der Waals surface area contributed by atoms with E-state index in [4.69, 9.17) is 12.2 Å². The van der Waals surface area contributed by atoms with Gasteiger partial charge < -0.3 is 9.90 Å². The van der Waals surface area contributed by atoms with Crippen molar-refractivity contribution in [2.24, 2.45) is 0 Å². The van der Waals surface area contributed by atoms with Crippen LogP contribution < -0.4 is 10.0 Å². The van der Waals surface area contributed by atoms with Crippen molar-refractivity contribution in [3.05, 3.63) is 70.1 Å². The lowest BCUT2D eigenvalue weighted by molar-refractivity contribution is -0.255. The minimum atomic E-state index is -1.23. The van der Waals surface area contributed by atoms with Gasteiger partial charge in [-0.3, -0.25) is 9.69 Å². The predicted octanol–water partition coefficient (Wildman–Crippen LogP) is 3.80. The Morgan fingerprint density at radius 3 is 2.41 bits per heavy atom. The number of carbonyl (C=O) groups excluding carboxylic acids is 2. The van der Waals surface area contributed by atoms with Crippen LogP contribution in [0, 0.1) is 0 Å². The highest BCUT2D eigenvalue weighted by Crippen LogP contribution is 2.36. The Morgan fingerprint density at radius 1 is 1.15 bits per heavy atom. The van der Waals surface area contributed by atoms with Gasteiger partial charge >= 0.3 is 0 Å². The zero-order valence-electron chi connectivity index (χ0n) is 14.8. The van der Waals surface area contributed by atoms with E-state index in [9.17, 15) is 14.7 Å². The normalized spacial score (nSPS) is 15.6. The molecule has 0 aliphatic carbocycles. The molecule has 1 heterocycles. The zero-order chi connectivity index (χ0) is 19.4. The molecule has 2 aromatic carbocycles. The predicted molar refractivity (Wildman–Crippen MR) is 111 cm³/mol. The maximum atomic E-state index is 12.8. The van der Waals surface area contributed by atoms with Gasteiger partial charge in [0.25, 0.3) is 5.91 Å². The highest BCUT2D eigenvalue weighted by Gasteiger charge is 2.33. The van der Waals surface area contributed by atoms with Crippen LogP contribution in [-0.2, 0) is 11.2 Å². The van der Waals surface area contributed by atoms with Gasteiger partial charge in [0.1, 0.15) is 0 Å². The number of amides is 1. The molecule has 0 N–H and O–H groups in total. The van der Waals surface area contributed by atoms with Crippen LogP contribution in [0.4, 0.5) is 5.69 Å². The minimum absolute atomic E-state index is 0.0999. The van der Waals surface area contributed by atoms with E-state index in [0.29, 0.717) is 9.23 Å². The quantitative estimate of drug-likeness (QED) is 0.549. The Hall–Kier alpha value is -2.44. The number of anilines is 1. The summed E-state index contributed by atoms with van der Waals surface area (Å²) in [5.41, 5.74) is 2.83. The second kappa shape index (κ2) is 8.50. The molecule has 1 fully saturated rings. The van der Waals surface area contributed by atoms with E-state index in [1.54, 1.807) is 18.2 Å². The Kier molecular flexibility index (Phi) is 6.08. The van der Waals surface area contributed by atoms with Crippen LogP contribution in [0.1, 0.15) is 41.3 Å². The molecule has 1 amide bonds. The second-order valence-corrected chi connectivity index (χ2v) is 7.87. The van der Waals surface area contributed by atoms with Gasteiger partial charge in [-0.25, -0.2) is 0 Å². The second-order valence-electron chi connectivity index (χ2n) is 6.20. The lowest BCUT2D eigenvalue weighted by Crippen LogP contribution is -2.27. The minimum Gasteiger partial charge on any atom is -0.545 e. The molecule has 0 atom stereocenters. The molecule has 138 valence electrons. The van der Waals surface area contributed by atoms with Gasteiger partial charge in [0.15, 0.2) is 4.32 Å². The number of benzene rings is 2. The van der Waals surface area contributed by atoms with Crippen LogP contribution >= 0.6 is 24.0 Å². The summed E-state index contributed by atoms with van der Waals surface area (Å²) < 4.78 is 0.485. The number of thiocarbonyl (C=S) groups is 1. The summed E-state index contributed by atoms with van der Waals surface area (Å²) in [7, 11) is 0. The van der Waals surface area contributed by atoms with Crippen molar-refractivity contribution in [2.75, 3.05) is 4.90 Å². The highest BCUT2D eigenvalue weighted by atomic mass is 32.2. The van der Waals surface area contributed by atoms with Crippen LogP contribution in [0.5, 0.6) is 0 Å². The molecular weight excluding hydrogens is 378 g/mol. The van der Waals surface area contributed by atoms with E-state index in [0.717, 1.165) is 30.5 Å². The van der Waals surface area contributed by atoms with E-state index >= 15 is 0 Å². The monoisotopic (exact) mass is 396 g/mol. The van der Waals surface area contributed by atoms with Crippen molar-refractivity contribution < 1.29 is 14.7 Å². The fourth-order valence-corrected chi connectivity index (χ4v) is 4.05. The lowest BCUT2D eigenvalue weighted by Gasteiger charge is -2.15. The largest absolute Gasteiger partial charge is 0.545 e. The number of carboxylic acids is 1. The Bertz CT molecular complexity index is 902. The van der Waals surface area contributed by atoms with Gasteiger partial charge in [0.05, 0.1) is 16.6 Å². The van der Waals surface area contributed by atoms with Gasteiger partial charge in [0.2, 0.25) is 0 Å². The number of carbonyl (C=O) groups is 2. The Balaban J connectivity index is 1.79. The van der Waals surface area contributed by atoms with Crippen molar-refractivity contribution >= 4 is 51.9 Å². The van der Waals surface area contributed by atoms with E-state index in [-0.39, 0.29) is 11.5 Å². The van der Waals surface area contributed by atoms with E-state index in [1.165, 1.54) is 34.4 Å². The first-order chi connectivity index (χ1) is 13.0. The molecule has 0 aromatic heterocycles. The maximum absolute atomic E-state index is 12.8. The average Bonchev–Trinajstić information content (AvgIpc) is 2.94. The number of rotatable bonds is 6. The maximum Gasteiger partial charge on any atom is 0.270 e. The summed E-state index contributed by atoms with van der Waals surface area (Å²) in [4.78, 5) is 25.7. The molecule has 3 rings (SSSR count). The molecule has 1 aliphatic heterocycles. The summed E-state index contributed by atoms with van der Waals surface area (Å²) in [6.07, 6.45) is 5.02. The molecule has 6 heteroatoms. The number of aryl methyl sites for hydroxylation is 1. The van der Waals surface area contributed by atoms with Gasteiger partial charge in [-0.2, -0.15) is 0 Å². The van der Waals surface area contributed by atoms with E-state index in [1.807, 2.05) is 24.3 Å². The van der Waals surface area contributed by atoms with Crippen LogP contribution in [0.3, 0.4) is 0 Å². The molecule has 4 nitrogen and oxygen atoms in total. The molecule has 0 bridgehead atoms. The Morgan fingerprint density at radius 2 is 1.81 bits per heavy atom. The fourth-order valence-electron chi connectivity index (χ4n) is 2.75. The number of thioether (sulfide) groups is 1. The Labute approximate surface area is 167 Å². The molecule has 2 aromatic rings. The van der Waals surface area contributed by atoms with Gasteiger partial charge in [-0.15, -0.1) is 0 Å². The van der Waals surface area contributed by atoms with Crippen molar-refractivity contribution in [1.29, 1.82) is 0 Å². The molecular formula is C21H18NO3S2-. The fraction of sp³-hybridized carbons (Fsp3) is 0.190. The van der Waals surface area contributed by atoms with Crippen LogP contribution in [0.25, 0.3) is 6.08 Å². The summed E-state index contributed by atoms with van der Waals surface area (Å²) in [5.74, 6) is -1.40. The summed E-state index contributed by atoms with van der Waals surface area (Å²) >= 11 is 6.63. The van der Waals surface area contributed by atoms with E-state index < -0.39 is 5.97 Å². The summed E-state index contributed by atoms with van der Waals surface area (Å²) in [6, 6.07) is 14.1. The molecule has 0 unspecified atom stereocenters. The number of unbranched alkanes of at least 4 members (excludes halogenated alkanes) is 1. The van der Waals surface area contributed by atoms with Gasteiger partial charge in [-0.1, -0.05) is 73.7 Å². The molecule has 1 aliphatic rings. The number of aromatic carboxylic acids is 1. The smallest absolute Gasteiger partial charge is 0.270 e. The number of hydrogen-bond acceptors (Lipinski definition) is 5. The SMILES string of the molecule is CCCCc1ccc(N2C(=O)/C(=C/c3ccc(C(=O)[O-])cc3)SC2=S)cc1. The lowest BCUT2D eigenvalue weighted by atomic mass is 10.1. The van der Waals surface area contributed by atoms with Crippen molar-refractivity contribution in [3.63, 3.8) is 0 Å². The van der Waals surface area contributed by atoms with Crippen molar-refractivity contribution in [3.8, 4) is 0 Å². The molecule has 0 saturated carbocycles. The van der Waals surface area contributed by atoms with Crippen molar-refractivity contribution in [2.45, 2.75) is 26.2 Å². The summed E-state index contributed by atoms with van der Waals surface area (Å²) in [6.45, 7) is 2.16. The standard InChI is InChI=1S/C21H19NO3S2/c1-2-3-4-14-7-11-17(12-8-14)22-19(23)18(27-21(22)26)13-15-5-9-16(10-6-15)20(24)25/h5-13H,2-4H2,1H3,(H,24,25)/p-1/b18-13-. The average molecular weight is 397 g/mol. The molecule has 1 saturated heterocycles. The molecule has 0 spiro atoms. The van der Waals surface area contributed by atoms with Gasteiger partial charge in [-0.05, 0) is 47.7 Å². The number of hydrogen-bond donors (Lipinski definition) is 0.